The fourth-order valence-electron chi connectivity index (χ4n) is 1.89. The molecule has 0 aliphatic rings. The highest BCUT2D eigenvalue weighted by Crippen LogP contribution is 2.05. The van der Waals surface area contributed by atoms with Crippen molar-refractivity contribution in [1.29, 1.82) is 0 Å². The van der Waals surface area contributed by atoms with Gasteiger partial charge in [-0.05, 0) is 31.8 Å². The summed E-state index contributed by atoms with van der Waals surface area (Å²) in [6, 6.07) is 6.44. The van der Waals surface area contributed by atoms with Crippen molar-refractivity contribution in [2.75, 3.05) is 40.9 Å². The van der Waals surface area contributed by atoms with Crippen molar-refractivity contribution in [3.63, 3.8) is 0 Å². The lowest BCUT2D eigenvalue weighted by Crippen LogP contribution is -2.43. The molecule has 7 nitrogen and oxygen atoms in total. The minimum Gasteiger partial charge on any atom is -0.383 e. The number of rotatable bonds is 9. The lowest BCUT2D eigenvalue weighted by Gasteiger charge is -2.12. The second-order valence-electron chi connectivity index (χ2n) is 5.54. The first-order chi connectivity index (χ1) is 10.9. The van der Waals surface area contributed by atoms with Crippen LogP contribution in [-0.2, 0) is 16.1 Å². The fourth-order valence-corrected chi connectivity index (χ4v) is 1.89. The van der Waals surface area contributed by atoms with Gasteiger partial charge in [0.1, 0.15) is 6.04 Å². The van der Waals surface area contributed by atoms with Gasteiger partial charge in [0, 0.05) is 32.3 Å². The number of nitrogens with two attached hydrogens (primary N) is 1. The Labute approximate surface area is 137 Å². The first kappa shape index (κ1) is 19.1. The fraction of sp³-hybridized carbons (Fsp3) is 0.500. The number of carbonyl (C=O) groups is 2. The molecule has 0 fully saturated rings. The van der Waals surface area contributed by atoms with Gasteiger partial charge in [0.05, 0.1) is 6.61 Å². The Balaban J connectivity index is 2.52. The van der Waals surface area contributed by atoms with E-state index in [2.05, 4.69) is 10.6 Å². The van der Waals surface area contributed by atoms with Gasteiger partial charge in [0.25, 0.3) is 5.91 Å². The summed E-state index contributed by atoms with van der Waals surface area (Å²) in [7, 11) is 5.39. The van der Waals surface area contributed by atoms with Gasteiger partial charge in [-0.2, -0.15) is 0 Å². The van der Waals surface area contributed by atoms with Crippen LogP contribution in [0.3, 0.4) is 0 Å². The average molecular weight is 322 g/mol. The minimum atomic E-state index is -0.697. The number of hydrogen-bond donors (Lipinski definition) is 3. The molecule has 0 saturated heterocycles. The summed E-state index contributed by atoms with van der Waals surface area (Å²) in [6.45, 7) is 1.84. The topological polar surface area (TPSA) is 96.7 Å². The van der Waals surface area contributed by atoms with E-state index in [1.807, 2.05) is 25.1 Å². The SMILES string of the molecule is COCC(N)C(=O)NCc1cccc(C(=O)NCCN(C)C)c1. The zero-order chi connectivity index (χ0) is 17.2. The Morgan fingerprint density at radius 1 is 1.30 bits per heavy atom. The van der Waals surface area contributed by atoms with Crippen LogP contribution >= 0.6 is 0 Å². The Hall–Kier alpha value is -1.96. The number of benzene rings is 1. The number of carbonyl (C=O) groups excluding carboxylic acids is 2. The second kappa shape index (κ2) is 9.94. The van der Waals surface area contributed by atoms with E-state index in [-0.39, 0.29) is 18.4 Å². The molecule has 0 aliphatic heterocycles. The van der Waals surface area contributed by atoms with Crippen LogP contribution in [0.4, 0.5) is 0 Å². The van der Waals surface area contributed by atoms with E-state index >= 15 is 0 Å². The molecule has 128 valence electrons. The number of hydrogen-bond acceptors (Lipinski definition) is 5. The van der Waals surface area contributed by atoms with Crippen molar-refractivity contribution in [2.24, 2.45) is 5.73 Å². The summed E-state index contributed by atoms with van der Waals surface area (Å²) in [5.41, 5.74) is 7.05. The van der Waals surface area contributed by atoms with Crippen molar-refractivity contribution in [3.05, 3.63) is 35.4 Å². The molecule has 1 rings (SSSR count). The quantitative estimate of drug-likeness (QED) is 0.573. The number of nitrogens with zero attached hydrogens (tertiary/aromatic N) is 1. The van der Waals surface area contributed by atoms with E-state index in [0.717, 1.165) is 12.1 Å². The van der Waals surface area contributed by atoms with Gasteiger partial charge in [0.2, 0.25) is 5.91 Å². The van der Waals surface area contributed by atoms with Gasteiger partial charge < -0.3 is 26.0 Å². The highest BCUT2D eigenvalue weighted by Gasteiger charge is 2.12. The van der Waals surface area contributed by atoms with Gasteiger partial charge >= 0.3 is 0 Å². The van der Waals surface area contributed by atoms with Gasteiger partial charge in [-0.3, -0.25) is 9.59 Å². The molecule has 1 atom stereocenters. The summed E-state index contributed by atoms with van der Waals surface area (Å²) in [6.07, 6.45) is 0. The predicted molar refractivity (Wildman–Crippen MR) is 89.0 cm³/mol. The molecule has 1 aromatic rings. The normalized spacial score (nSPS) is 12.0. The van der Waals surface area contributed by atoms with Crippen LogP contribution in [0.2, 0.25) is 0 Å². The largest absolute Gasteiger partial charge is 0.383 e. The molecule has 0 aliphatic carbocycles. The van der Waals surface area contributed by atoms with E-state index in [9.17, 15) is 9.59 Å². The molecule has 1 aromatic carbocycles. The number of ether oxygens (including phenoxy) is 1. The Morgan fingerprint density at radius 2 is 2.04 bits per heavy atom. The molecular weight excluding hydrogens is 296 g/mol. The van der Waals surface area contributed by atoms with Crippen LogP contribution in [0.5, 0.6) is 0 Å². The molecule has 0 bridgehead atoms. The molecule has 0 heterocycles. The highest BCUT2D eigenvalue weighted by atomic mass is 16.5. The molecule has 7 heteroatoms. The molecular formula is C16H26N4O3. The lowest BCUT2D eigenvalue weighted by atomic mass is 10.1. The van der Waals surface area contributed by atoms with Crippen molar-refractivity contribution >= 4 is 11.8 Å². The maximum Gasteiger partial charge on any atom is 0.251 e. The van der Waals surface area contributed by atoms with Gasteiger partial charge in [-0.25, -0.2) is 0 Å². The van der Waals surface area contributed by atoms with Crippen LogP contribution in [0.25, 0.3) is 0 Å². The van der Waals surface area contributed by atoms with Crippen molar-refractivity contribution in [1.82, 2.24) is 15.5 Å². The summed E-state index contributed by atoms with van der Waals surface area (Å²) in [4.78, 5) is 25.8. The third-order valence-corrected chi connectivity index (χ3v) is 3.18. The predicted octanol–water partition coefficient (Wildman–Crippen LogP) is -0.432. The van der Waals surface area contributed by atoms with E-state index in [1.54, 1.807) is 18.2 Å². The molecule has 0 radical (unpaired) electrons. The molecule has 0 saturated carbocycles. The molecule has 0 spiro atoms. The Kier molecular flexibility index (Phi) is 8.25. The van der Waals surface area contributed by atoms with E-state index in [4.69, 9.17) is 10.5 Å². The number of nitrogens with one attached hydrogen (secondary N) is 2. The summed E-state index contributed by atoms with van der Waals surface area (Å²) in [5, 5.41) is 5.58. The summed E-state index contributed by atoms with van der Waals surface area (Å²) in [5.74, 6) is -0.413. The van der Waals surface area contributed by atoms with Gasteiger partial charge in [-0.1, -0.05) is 12.1 Å². The molecule has 1 unspecified atom stereocenters. The minimum absolute atomic E-state index is 0.129. The van der Waals surface area contributed by atoms with Crippen LogP contribution in [-0.4, -0.2) is 63.7 Å². The molecule has 2 amide bonds. The van der Waals surface area contributed by atoms with E-state index < -0.39 is 6.04 Å². The maximum atomic E-state index is 12.1. The first-order valence-corrected chi connectivity index (χ1v) is 7.48. The number of likely N-dealkylation sites (N-methyl/N-ethyl adjacent to an activating group) is 1. The second-order valence-corrected chi connectivity index (χ2v) is 5.54. The highest BCUT2D eigenvalue weighted by molar-refractivity contribution is 5.94. The van der Waals surface area contributed by atoms with E-state index in [1.165, 1.54) is 7.11 Å². The van der Waals surface area contributed by atoms with Crippen LogP contribution in [0.1, 0.15) is 15.9 Å². The number of amides is 2. The Morgan fingerprint density at radius 3 is 2.70 bits per heavy atom. The standard InChI is InChI=1S/C16H26N4O3/c1-20(2)8-7-18-15(21)13-6-4-5-12(9-13)10-19-16(22)14(17)11-23-3/h4-6,9,14H,7-8,10-11,17H2,1-3H3,(H,18,21)(H,19,22). The van der Waals surface area contributed by atoms with Crippen molar-refractivity contribution in [3.8, 4) is 0 Å². The maximum absolute atomic E-state index is 12.1. The lowest BCUT2D eigenvalue weighted by molar-refractivity contribution is -0.123. The summed E-state index contributed by atoms with van der Waals surface area (Å²) < 4.78 is 4.84. The summed E-state index contributed by atoms with van der Waals surface area (Å²) >= 11 is 0. The Bertz CT molecular complexity index is 520. The average Bonchev–Trinajstić information content (AvgIpc) is 2.52. The van der Waals surface area contributed by atoms with Crippen LogP contribution in [0, 0.1) is 0 Å². The third kappa shape index (κ3) is 7.23. The molecule has 0 aromatic heterocycles. The molecule has 4 N–H and O–H groups in total. The zero-order valence-corrected chi connectivity index (χ0v) is 14.0. The van der Waals surface area contributed by atoms with Crippen molar-refractivity contribution < 1.29 is 14.3 Å². The van der Waals surface area contributed by atoms with E-state index in [0.29, 0.717) is 18.7 Å². The smallest absolute Gasteiger partial charge is 0.251 e. The first-order valence-electron chi connectivity index (χ1n) is 7.48. The zero-order valence-electron chi connectivity index (χ0n) is 14.0. The van der Waals surface area contributed by atoms with Gasteiger partial charge in [0.15, 0.2) is 0 Å². The van der Waals surface area contributed by atoms with Gasteiger partial charge in [-0.15, -0.1) is 0 Å². The van der Waals surface area contributed by atoms with Crippen molar-refractivity contribution in [2.45, 2.75) is 12.6 Å². The third-order valence-electron chi connectivity index (χ3n) is 3.18. The van der Waals surface area contributed by atoms with Crippen LogP contribution in [0.15, 0.2) is 24.3 Å². The monoisotopic (exact) mass is 322 g/mol. The molecule has 23 heavy (non-hydrogen) atoms. The van der Waals surface area contributed by atoms with Crippen LogP contribution < -0.4 is 16.4 Å². The number of methoxy groups -OCH3 is 1.